The van der Waals surface area contributed by atoms with Crippen molar-refractivity contribution in [1.29, 1.82) is 5.26 Å². The predicted octanol–water partition coefficient (Wildman–Crippen LogP) is 1.64. The van der Waals surface area contributed by atoms with Crippen molar-refractivity contribution in [3.05, 3.63) is 0 Å². The zero-order valence-electron chi connectivity index (χ0n) is 13.5. The number of nitrogens with one attached hydrogen (secondary N) is 1. The maximum absolute atomic E-state index is 11.1. The number of amides is 1. The molecule has 0 saturated carbocycles. The van der Waals surface area contributed by atoms with E-state index in [0.717, 1.165) is 64.7 Å². The zero-order chi connectivity index (χ0) is 15.7. The number of piperidine rings is 1. The maximum atomic E-state index is 11.1. The summed E-state index contributed by atoms with van der Waals surface area (Å²) in [4.78, 5) is 13.5. The fraction of sp³-hybridized carbons (Fsp3) is 0.875. The van der Waals surface area contributed by atoms with Gasteiger partial charge in [0.25, 0.3) is 0 Å². The Morgan fingerprint density at radius 2 is 2.10 bits per heavy atom. The van der Waals surface area contributed by atoms with Crippen LogP contribution in [0.3, 0.4) is 0 Å². The third-order valence-corrected chi connectivity index (χ3v) is 4.40. The van der Waals surface area contributed by atoms with Crippen molar-refractivity contribution in [3.63, 3.8) is 0 Å². The van der Waals surface area contributed by atoms with Crippen LogP contribution in [0, 0.1) is 17.2 Å². The molecular formula is C16H30N4O. The zero-order valence-corrected chi connectivity index (χ0v) is 13.5. The summed E-state index contributed by atoms with van der Waals surface area (Å²) in [5.74, 6) is -0.0807. The van der Waals surface area contributed by atoms with E-state index in [1.807, 2.05) is 6.92 Å². The molecule has 1 aliphatic heterocycles. The number of rotatable bonds is 9. The molecule has 0 spiro atoms. The predicted molar refractivity (Wildman–Crippen MR) is 84.5 cm³/mol. The molecule has 5 nitrogen and oxygen atoms in total. The van der Waals surface area contributed by atoms with Gasteiger partial charge in [0.15, 0.2) is 0 Å². The van der Waals surface area contributed by atoms with Crippen molar-refractivity contribution in [2.75, 3.05) is 26.2 Å². The van der Waals surface area contributed by atoms with Gasteiger partial charge in [0.05, 0.1) is 6.07 Å². The molecule has 5 heteroatoms. The lowest BCUT2D eigenvalue weighted by Gasteiger charge is -2.30. The Morgan fingerprint density at radius 1 is 1.43 bits per heavy atom. The average Bonchev–Trinajstić information content (AvgIpc) is 2.50. The molecule has 0 aromatic carbocycles. The van der Waals surface area contributed by atoms with Crippen molar-refractivity contribution in [3.8, 4) is 6.07 Å². The first-order valence-corrected chi connectivity index (χ1v) is 8.18. The van der Waals surface area contributed by atoms with E-state index in [0.29, 0.717) is 0 Å². The Balaban J connectivity index is 2.17. The Morgan fingerprint density at radius 3 is 2.62 bits per heavy atom. The van der Waals surface area contributed by atoms with E-state index in [1.165, 1.54) is 0 Å². The summed E-state index contributed by atoms with van der Waals surface area (Å²) in [7, 11) is 0. The second-order valence-corrected chi connectivity index (χ2v) is 6.35. The van der Waals surface area contributed by atoms with Crippen LogP contribution in [0.2, 0.25) is 0 Å². The van der Waals surface area contributed by atoms with Crippen LogP contribution in [-0.2, 0) is 4.79 Å². The van der Waals surface area contributed by atoms with E-state index in [-0.39, 0.29) is 11.8 Å². The molecule has 1 aliphatic rings. The highest BCUT2D eigenvalue weighted by atomic mass is 16.1. The van der Waals surface area contributed by atoms with Crippen molar-refractivity contribution in [2.45, 2.75) is 57.9 Å². The lowest BCUT2D eigenvalue weighted by Crippen LogP contribution is -2.41. The third kappa shape index (κ3) is 6.45. The Kier molecular flexibility index (Phi) is 7.69. The summed E-state index contributed by atoms with van der Waals surface area (Å²) in [6.07, 6.45) is 5.88. The van der Waals surface area contributed by atoms with Gasteiger partial charge in [-0.2, -0.15) is 5.26 Å². The number of nitrogens with two attached hydrogens (primary N) is 1. The fourth-order valence-corrected chi connectivity index (χ4v) is 2.84. The van der Waals surface area contributed by atoms with Crippen LogP contribution in [0.15, 0.2) is 0 Å². The van der Waals surface area contributed by atoms with Gasteiger partial charge in [-0.15, -0.1) is 0 Å². The number of carbonyl (C=O) groups is 1. The second kappa shape index (κ2) is 9.01. The number of carbonyl (C=O) groups excluding carboxylic acids is 1. The molecule has 1 atom stereocenters. The molecule has 1 amide bonds. The van der Waals surface area contributed by atoms with E-state index in [2.05, 4.69) is 23.2 Å². The molecule has 0 aromatic rings. The van der Waals surface area contributed by atoms with Gasteiger partial charge in [0, 0.05) is 5.92 Å². The molecule has 1 unspecified atom stereocenters. The first-order chi connectivity index (χ1) is 10.0. The first kappa shape index (κ1) is 17.9. The summed E-state index contributed by atoms with van der Waals surface area (Å²) in [5.41, 5.74) is 4.95. The van der Waals surface area contributed by atoms with Gasteiger partial charge in [0.2, 0.25) is 5.91 Å². The summed E-state index contributed by atoms with van der Waals surface area (Å²) >= 11 is 0. The molecule has 21 heavy (non-hydrogen) atoms. The Bertz CT molecular complexity index is 358. The van der Waals surface area contributed by atoms with Gasteiger partial charge in [0.1, 0.15) is 5.54 Å². The van der Waals surface area contributed by atoms with Gasteiger partial charge in [-0.1, -0.05) is 6.92 Å². The van der Waals surface area contributed by atoms with Crippen molar-refractivity contribution in [1.82, 2.24) is 10.2 Å². The fourth-order valence-electron chi connectivity index (χ4n) is 2.84. The highest BCUT2D eigenvalue weighted by Crippen LogP contribution is 2.18. The average molecular weight is 294 g/mol. The maximum Gasteiger partial charge on any atom is 0.220 e. The lowest BCUT2D eigenvalue weighted by atomic mass is 9.94. The third-order valence-electron chi connectivity index (χ3n) is 4.40. The molecule has 1 fully saturated rings. The van der Waals surface area contributed by atoms with Gasteiger partial charge < -0.3 is 10.6 Å². The normalized spacial score (nSPS) is 19.9. The lowest BCUT2D eigenvalue weighted by molar-refractivity contribution is -0.123. The number of unbranched alkanes of at least 4 members (excludes halogenated alkanes) is 1. The molecule has 3 N–H and O–H groups in total. The number of primary amides is 1. The topological polar surface area (TPSA) is 82.2 Å². The number of hydrogen-bond donors (Lipinski definition) is 2. The highest BCUT2D eigenvalue weighted by molar-refractivity contribution is 5.76. The second-order valence-electron chi connectivity index (χ2n) is 6.35. The monoisotopic (exact) mass is 294 g/mol. The van der Waals surface area contributed by atoms with Crippen LogP contribution in [0.1, 0.15) is 52.4 Å². The molecule has 120 valence electrons. The minimum Gasteiger partial charge on any atom is -0.369 e. The number of likely N-dealkylation sites (tertiary alicyclic amines) is 1. The Hall–Kier alpha value is -1.12. The van der Waals surface area contributed by atoms with E-state index < -0.39 is 5.54 Å². The number of nitriles is 1. The van der Waals surface area contributed by atoms with E-state index in [4.69, 9.17) is 5.73 Å². The van der Waals surface area contributed by atoms with Crippen LogP contribution >= 0.6 is 0 Å². The summed E-state index contributed by atoms with van der Waals surface area (Å²) < 4.78 is 0. The van der Waals surface area contributed by atoms with Crippen LogP contribution in [-0.4, -0.2) is 42.5 Å². The van der Waals surface area contributed by atoms with Gasteiger partial charge >= 0.3 is 0 Å². The quantitative estimate of drug-likeness (QED) is 0.633. The van der Waals surface area contributed by atoms with E-state index in [1.54, 1.807) is 0 Å². The minimum absolute atomic E-state index is 0.0707. The SMILES string of the molecule is CCCNC(C)(C#N)CCCCN1CCC(C(N)=O)CC1. The standard InChI is InChI=1S/C16H30N4O/c1-3-9-19-16(2,13-17)8-4-5-10-20-11-6-14(7-12-20)15(18)21/h14,19H,3-12H2,1-2H3,(H2,18,21). The highest BCUT2D eigenvalue weighted by Gasteiger charge is 2.24. The van der Waals surface area contributed by atoms with Crippen molar-refractivity contribution in [2.24, 2.45) is 11.7 Å². The minimum atomic E-state index is -0.394. The van der Waals surface area contributed by atoms with Crippen LogP contribution in [0.4, 0.5) is 0 Å². The molecule has 1 saturated heterocycles. The molecule has 1 rings (SSSR count). The summed E-state index contributed by atoms with van der Waals surface area (Å²) in [6.45, 7) is 7.99. The molecule has 1 heterocycles. The molecular weight excluding hydrogens is 264 g/mol. The first-order valence-electron chi connectivity index (χ1n) is 8.18. The number of nitrogens with zero attached hydrogens (tertiary/aromatic N) is 2. The van der Waals surface area contributed by atoms with Gasteiger partial charge in [-0.25, -0.2) is 0 Å². The molecule has 0 aromatic heterocycles. The van der Waals surface area contributed by atoms with Crippen molar-refractivity contribution < 1.29 is 4.79 Å². The van der Waals surface area contributed by atoms with Crippen LogP contribution < -0.4 is 11.1 Å². The molecule has 0 radical (unpaired) electrons. The number of hydrogen-bond acceptors (Lipinski definition) is 4. The van der Waals surface area contributed by atoms with Gasteiger partial charge in [-0.05, 0) is 71.6 Å². The summed E-state index contributed by atoms with van der Waals surface area (Å²) in [5, 5.41) is 12.6. The van der Waals surface area contributed by atoms with Crippen LogP contribution in [0.25, 0.3) is 0 Å². The molecule has 0 bridgehead atoms. The molecule has 0 aliphatic carbocycles. The van der Waals surface area contributed by atoms with Crippen LogP contribution in [0.5, 0.6) is 0 Å². The summed E-state index contributed by atoms with van der Waals surface area (Å²) in [6, 6.07) is 2.39. The Labute approximate surface area is 128 Å². The largest absolute Gasteiger partial charge is 0.369 e. The van der Waals surface area contributed by atoms with E-state index >= 15 is 0 Å². The van der Waals surface area contributed by atoms with E-state index in [9.17, 15) is 10.1 Å². The van der Waals surface area contributed by atoms with Crippen molar-refractivity contribution >= 4 is 5.91 Å². The van der Waals surface area contributed by atoms with Gasteiger partial charge in [-0.3, -0.25) is 10.1 Å². The smallest absolute Gasteiger partial charge is 0.220 e.